The summed E-state index contributed by atoms with van der Waals surface area (Å²) in [6.07, 6.45) is 1.69. The second-order valence-electron chi connectivity index (χ2n) is 5.32. The molecule has 3 rings (SSSR count). The molecule has 1 aromatic heterocycles. The van der Waals surface area contributed by atoms with Crippen LogP contribution >= 0.6 is 0 Å². The molecule has 2 aromatic rings. The number of morpholine rings is 1. The number of carbonyl (C=O) groups excluding carboxylic acids is 1. The summed E-state index contributed by atoms with van der Waals surface area (Å²) in [5.74, 6) is 0.412. The SMILES string of the molecule is N#Cc1cccc(C(=O)NCc2ccnc(N3CCOCC3)n2)c1. The van der Waals surface area contributed by atoms with E-state index >= 15 is 0 Å². The largest absolute Gasteiger partial charge is 0.378 e. The average Bonchev–Trinajstić information content (AvgIpc) is 2.67. The van der Waals surface area contributed by atoms with Crippen molar-refractivity contribution >= 4 is 11.9 Å². The van der Waals surface area contributed by atoms with E-state index in [1.807, 2.05) is 6.07 Å². The van der Waals surface area contributed by atoms with Crippen LogP contribution in [0.3, 0.4) is 0 Å². The van der Waals surface area contributed by atoms with Crippen LogP contribution in [0, 0.1) is 11.3 Å². The van der Waals surface area contributed by atoms with Crippen molar-refractivity contribution in [2.24, 2.45) is 0 Å². The third-order valence-electron chi connectivity index (χ3n) is 3.68. The van der Waals surface area contributed by atoms with Crippen molar-refractivity contribution in [2.75, 3.05) is 31.2 Å². The van der Waals surface area contributed by atoms with Gasteiger partial charge in [-0.1, -0.05) is 6.07 Å². The number of hydrogen-bond donors (Lipinski definition) is 1. The number of nitrogens with zero attached hydrogens (tertiary/aromatic N) is 4. The van der Waals surface area contributed by atoms with Gasteiger partial charge in [-0.3, -0.25) is 4.79 Å². The minimum atomic E-state index is -0.237. The first-order valence-corrected chi connectivity index (χ1v) is 7.69. The van der Waals surface area contributed by atoms with Gasteiger partial charge >= 0.3 is 0 Å². The van der Waals surface area contributed by atoms with Gasteiger partial charge in [0.15, 0.2) is 0 Å². The van der Waals surface area contributed by atoms with E-state index < -0.39 is 0 Å². The summed E-state index contributed by atoms with van der Waals surface area (Å²) < 4.78 is 5.32. The van der Waals surface area contributed by atoms with Gasteiger partial charge in [0.25, 0.3) is 5.91 Å². The first-order valence-electron chi connectivity index (χ1n) is 7.69. The molecule has 2 heterocycles. The molecule has 0 bridgehead atoms. The Morgan fingerprint density at radius 3 is 2.96 bits per heavy atom. The number of hydrogen-bond acceptors (Lipinski definition) is 6. The predicted octanol–water partition coefficient (Wildman–Crippen LogP) is 1.11. The first kappa shape index (κ1) is 15.9. The quantitative estimate of drug-likeness (QED) is 0.906. The second-order valence-corrected chi connectivity index (χ2v) is 5.32. The summed E-state index contributed by atoms with van der Waals surface area (Å²) >= 11 is 0. The fraction of sp³-hybridized carbons (Fsp3) is 0.294. The van der Waals surface area contributed by atoms with Crippen molar-refractivity contribution in [2.45, 2.75) is 6.54 Å². The Kier molecular flexibility index (Phi) is 4.99. The Balaban J connectivity index is 1.63. The fourth-order valence-corrected chi connectivity index (χ4v) is 2.40. The van der Waals surface area contributed by atoms with Crippen molar-refractivity contribution in [3.05, 3.63) is 53.3 Å². The summed E-state index contributed by atoms with van der Waals surface area (Å²) in [6.45, 7) is 3.15. The Labute approximate surface area is 139 Å². The molecule has 0 radical (unpaired) electrons. The topological polar surface area (TPSA) is 91.1 Å². The van der Waals surface area contributed by atoms with E-state index in [2.05, 4.69) is 20.2 Å². The van der Waals surface area contributed by atoms with E-state index in [9.17, 15) is 4.79 Å². The maximum Gasteiger partial charge on any atom is 0.251 e. The molecule has 0 aliphatic carbocycles. The number of aromatic nitrogens is 2. The zero-order valence-electron chi connectivity index (χ0n) is 13.1. The lowest BCUT2D eigenvalue weighted by Gasteiger charge is -2.26. The summed E-state index contributed by atoms with van der Waals surface area (Å²) in [6, 6.07) is 10.4. The number of rotatable bonds is 4. The molecular formula is C17H17N5O2. The van der Waals surface area contributed by atoms with Gasteiger partial charge in [0.05, 0.1) is 37.1 Å². The van der Waals surface area contributed by atoms with Crippen LogP contribution in [0.5, 0.6) is 0 Å². The first-order chi connectivity index (χ1) is 11.8. The fourth-order valence-electron chi connectivity index (χ4n) is 2.40. The molecule has 1 amide bonds. The molecule has 1 N–H and O–H groups in total. The Morgan fingerprint density at radius 2 is 2.17 bits per heavy atom. The van der Waals surface area contributed by atoms with Crippen molar-refractivity contribution in [3.63, 3.8) is 0 Å². The zero-order valence-corrected chi connectivity index (χ0v) is 13.1. The maximum absolute atomic E-state index is 12.2. The molecule has 0 saturated carbocycles. The number of amides is 1. The minimum absolute atomic E-state index is 0.237. The van der Waals surface area contributed by atoms with Crippen LogP contribution in [-0.4, -0.2) is 42.2 Å². The van der Waals surface area contributed by atoms with Crippen LogP contribution in [0.4, 0.5) is 5.95 Å². The highest BCUT2D eigenvalue weighted by Gasteiger charge is 2.14. The van der Waals surface area contributed by atoms with Gasteiger partial charge in [0.1, 0.15) is 0 Å². The third kappa shape index (κ3) is 3.86. The van der Waals surface area contributed by atoms with Crippen LogP contribution < -0.4 is 10.2 Å². The number of nitrogens with one attached hydrogen (secondary N) is 1. The monoisotopic (exact) mass is 323 g/mol. The molecule has 1 fully saturated rings. The summed E-state index contributed by atoms with van der Waals surface area (Å²) in [7, 11) is 0. The van der Waals surface area contributed by atoms with Crippen molar-refractivity contribution < 1.29 is 9.53 Å². The summed E-state index contributed by atoms with van der Waals surface area (Å²) in [4.78, 5) is 23.0. The molecule has 0 atom stereocenters. The van der Waals surface area contributed by atoms with Crippen LogP contribution in [-0.2, 0) is 11.3 Å². The zero-order chi connectivity index (χ0) is 16.8. The van der Waals surface area contributed by atoms with Gasteiger partial charge in [0, 0.05) is 24.8 Å². The van der Waals surface area contributed by atoms with Gasteiger partial charge in [-0.25, -0.2) is 9.97 Å². The lowest BCUT2D eigenvalue weighted by atomic mass is 10.1. The lowest BCUT2D eigenvalue weighted by molar-refractivity contribution is 0.0950. The van der Waals surface area contributed by atoms with E-state index in [4.69, 9.17) is 10.00 Å². The van der Waals surface area contributed by atoms with Crippen molar-refractivity contribution in [3.8, 4) is 6.07 Å². The standard InChI is InChI=1S/C17H17N5O2/c18-11-13-2-1-3-14(10-13)16(23)20-12-15-4-5-19-17(21-15)22-6-8-24-9-7-22/h1-5,10H,6-9,12H2,(H,20,23). The molecule has 1 aromatic carbocycles. The Hall–Kier alpha value is -2.98. The molecule has 24 heavy (non-hydrogen) atoms. The van der Waals surface area contributed by atoms with Gasteiger partial charge in [-0.15, -0.1) is 0 Å². The van der Waals surface area contributed by atoms with E-state index in [0.29, 0.717) is 36.8 Å². The van der Waals surface area contributed by atoms with Crippen LogP contribution in [0.2, 0.25) is 0 Å². The molecule has 0 unspecified atom stereocenters. The molecule has 0 spiro atoms. The maximum atomic E-state index is 12.2. The molecule has 1 aliphatic heterocycles. The molecule has 7 heteroatoms. The second kappa shape index (κ2) is 7.53. The lowest BCUT2D eigenvalue weighted by Crippen LogP contribution is -2.37. The average molecular weight is 323 g/mol. The summed E-state index contributed by atoms with van der Waals surface area (Å²) in [5, 5.41) is 11.7. The van der Waals surface area contributed by atoms with Crippen LogP contribution in [0.25, 0.3) is 0 Å². The third-order valence-corrected chi connectivity index (χ3v) is 3.68. The molecule has 1 saturated heterocycles. The van der Waals surface area contributed by atoms with Crippen LogP contribution in [0.1, 0.15) is 21.6 Å². The van der Waals surface area contributed by atoms with Gasteiger partial charge in [0.2, 0.25) is 5.95 Å². The number of carbonyl (C=O) groups is 1. The minimum Gasteiger partial charge on any atom is -0.378 e. The highest BCUT2D eigenvalue weighted by Crippen LogP contribution is 2.10. The predicted molar refractivity (Wildman–Crippen MR) is 87.4 cm³/mol. The molecule has 1 aliphatic rings. The van der Waals surface area contributed by atoms with E-state index in [0.717, 1.165) is 18.8 Å². The van der Waals surface area contributed by atoms with E-state index in [1.54, 1.807) is 36.5 Å². The normalized spacial score (nSPS) is 14.0. The number of nitriles is 1. The number of ether oxygens (including phenoxy) is 1. The van der Waals surface area contributed by atoms with Gasteiger partial charge < -0.3 is 15.0 Å². The molecule has 7 nitrogen and oxygen atoms in total. The van der Waals surface area contributed by atoms with Crippen molar-refractivity contribution in [1.29, 1.82) is 5.26 Å². The van der Waals surface area contributed by atoms with Gasteiger partial charge in [-0.05, 0) is 24.3 Å². The summed E-state index contributed by atoms with van der Waals surface area (Å²) in [5.41, 5.74) is 1.65. The van der Waals surface area contributed by atoms with Gasteiger partial charge in [-0.2, -0.15) is 5.26 Å². The smallest absolute Gasteiger partial charge is 0.251 e. The van der Waals surface area contributed by atoms with Crippen molar-refractivity contribution in [1.82, 2.24) is 15.3 Å². The Morgan fingerprint density at radius 1 is 1.33 bits per heavy atom. The van der Waals surface area contributed by atoms with Crippen LogP contribution in [0.15, 0.2) is 36.5 Å². The number of anilines is 1. The molecule has 122 valence electrons. The van der Waals surface area contributed by atoms with E-state index in [-0.39, 0.29) is 5.91 Å². The Bertz CT molecular complexity index is 766. The highest BCUT2D eigenvalue weighted by atomic mass is 16.5. The van der Waals surface area contributed by atoms with E-state index in [1.165, 1.54) is 0 Å². The molecular weight excluding hydrogens is 306 g/mol. The highest BCUT2D eigenvalue weighted by molar-refractivity contribution is 5.94. The number of benzene rings is 1.